The maximum atomic E-state index is 13.0. The van der Waals surface area contributed by atoms with E-state index in [1.165, 1.54) is 24.3 Å². The molecule has 118 valence electrons. The van der Waals surface area contributed by atoms with Crippen LogP contribution in [0.5, 0.6) is 0 Å². The molecule has 1 heterocycles. The van der Waals surface area contributed by atoms with Crippen LogP contribution < -0.4 is 5.73 Å². The van der Waals surface area contributed by atoms with Gasteiger partial charge in [0, 0.05) is 10.4 Å². The Morgan fingerprint density at radius 2 is 2.00 bits per heavy atom. The lowest BCUT2D eigenvalue weighted by Gasteiger charge is -2.10. The predicted molar refractivity (Wildman–Crippen MR) is 79.7 cm³/mol. The molecule has 0 aliphatic heterocycles. The Bertz CT molecular complexity index is 680. The van der Waals surface area contributed by atoms with E-state index in [1.54, 1.807) is 0 Å². The molecule has 3 nitrogen and oxygen atoms in total. The fourth-order valence-electron chi connectivity index (χ4n) is 1.90. The van der Waals surface area contributed by atoms with E-state index in [0.29, 0.717) is 6.42 Å². The molecule has 0 aliphatic rings. The number of nitrogen functional groups attached to an aromatic ring is 1. The number of nitrogens with two attached hydrogens (primary N) is 1. The summed E-state index contributed by atoms with van der Waals surface area (Å²) in [6.45, 7) is 2.08. The molecule has 2 N–H and O–H groups in total. The third kappa shape index (κ3) is 3.41. The highest BCUT2D eigenvalue weighted by molar-refractivity contribution is 7.18. The van der Waals surface area contributed by atoms with Crippen LogP contribution in [0.15, 0.2) is 30.3 Å². The van der Waals surface area contributed by atoms with Crippen molar-refractivity contribution in [1.82, 2.24) is 0 Å². The van der Waals surface area contributed by atoms with Gasteiger partial charge in [-0.05, 0) is 18.6 Å². The van der Waals surface area contributed by atoms with Gasteiger partial charge in [0.2, 0.25) is 0 Å². The van der Waals surface area contributed by atoms with Gasteiger partial charge in [0.1, 0.15) is 4.88 Å². The summed E-state index contributed by atoms with van der Waals surface area (Å²) in [7, 11) is 0. The maximum Gasteiger partial charge on any atom is 0.417 e. The molecule has 0 spiro atoms. The number of esters is 1. The molecule has 1 aromatic carbocycles. The Kier molecular flexibility index (Phi) is 4.75. The first-order chi connectivity index (χ1) is 10.3. The molecule has 0 unspecified atom stereocenters. The lowest BCUT2D eigenvalue weighted by atomic mass is 10.1. The highest BCUT2D eigenvalue weighted by Crippen LogP contribution is 2.41. The summed E-state index contributed by atoms with van der Waals surface area (Å²) in [6, 6.07) is 6.56. The molecule has 0 bridgehead atoms. The van der Waals surface area contributed by atoms with Crippen LogP contribution in [-0.2, 0) is 10.9 Å². The number of benzene rings is 1. The van der Waals surface area contributed by atoms with E-state index in [9.17, 15) is 18.0 Å². The number of carbonyl (C=O) groups excluding carboxylic acids is 1. The van der Waals surface area contributed by atoms with E-state index < -0.39 is 17.7 Å². The fourth-order valence-corrected chi connectivity index (χ4v) is 2.92. The zero-order valence-electron chi connectivity index (χ0n) is 11.7. The smallest absolute Gasteiger partial charge is 0.417 e. The Balaban J connectivity index is 2.42. The first-order valence-corrected chi connectivity index (χ1v) is 7.39. The van der Waals surface area contributed by atoms with Crippen LogP contribution in [0.25, 0.3) is 10.4 Å². The van der Waals surface area contributed by atoms with Gasteiger partial charge in [-0.25, -0.2) is 4.79 Å². The van der Waals surface area contributed by atoms with E-state index in [0.717, 1.165) is 17.4 Å². The molecule has 0 radical (unpaired) electrons. The molecule has 0 atom stereocenters. The van der Waals surface area contributed by atoms with Crippen molar-refractivity contribution in [3.8, 4) is 10.4 Å². The summed E-state index contributed by atoms with van der Waals surface area (Å²) in [5, 5.41) is 0. The minimum absolute atomic E-state index is 0.00115. The molecule has 0 fully saturated rings. The van der Waals surface area contributed by atoms with Gasteiger partial charge in [-0.3, -0.25) is 0 Å². The zero-order valence-corrected chi connectivity index (χ0v) is 12.6. The van der Waals surface area contributed by atoms with Gasteiger partial charge >= 0.3 is 12.1 Å². The first kappa shape index (κ1) is 16.4. The summed E-state index contributed by atoms with van der Waals surface area (Å²) < 4.78 is 44.1. The fraction of sp³-hybridized carbons (Fsp3) is 0.267. The van der Waals surface area contributed by atoms with E-state index in [2.05, 4.69) is 0 Å². The third-order valence-electron chi connectivity index (χ3n) is 2.88. The minimum atomic E-state index is -4.47. The summed E-state index contributed by atoms with van der Waals surface area (Å²) in [6.07, 6.45) is -3.82. The second kappa shape index (κ2) is 6.39. The number of thiophene rings is 1. The van der Waals surface area contributed by atoms with E-state index in [-0.39, 0.29) is 27.6 Å². The van der Waals surface area contributed by atoms with E-state index in [1.807, 2.05) is 6.92 Å². The van der Waals surface area contributed by atoms with Gasteiger partial charge in [0.15, 0.2) is 0 Å². The second-order valence-corrected chi connectivity index (χ2v) is 5.63. The second-order valence-electron chi connectivity index (χ2n) is 4.57. The Hall–Kier alpha value is -2.02. The Morgan fingerprint density at radius 1 is 1.32 bits per heavy atom. The Labute approximate surface area is 129 Å². The lowest BCUT2D eigenvalue weighted by molar-refractivity contribution is -0.137. The summed E-state index contributed by atoms with van der Waals surface area (Å²) in [5.74, 6) is -0.611. The number of ether oxygens (including phenoxy) is 1. The summed E-state index contributed by atoms with van der Waals surface area (Å²) in [5.41, 5.74) is 5.10. The number of rotatable bonds is 4. The van der Waals surface area contributed by atoms with Gasteiger partial charge < -0.3 is 10.5 Å². The molecular formula is C15H14F3NO2S. The molecule has 2 aromatic rings. The highest BCUT2D eigenvalue weighted by Gasteiger charge is 2.34. The number of alkyl halides is 3. The average molecular weight is 329 g/mol. The van der Waals surface area contributed by atoms with Gasteiger partial charge in [-0.15, -0.1) is 11.3 Å². The molecule has 0 aliphatic carbocycles. The molecule has 2 rings (SSSR count). The minimum Gasteiger partial charge on any atom is -0.461 e. The van der Waals surface area contributed by atoms with E-state index >= 15 is 0 Å². The molecule has 0 saturated carbocycles. The third-order valence-corrected chi connectivity index (χ3v) is 4.05. The maximum absolute atomic E-state index is 13.0. The normalized spacial score (nSPS) is 11.5. The zero-order chi connectivity index (χ0) is 16.3. The SMILES string of the molecule is CCCOC(=O)c1sc(-c2ccccc2C(F)(F)F)cc1N. The lowest BCUT2D eigenvalue weighted by Crippen LogP contribution is -2.06. The molecular weight excluding hydrogens is 315 g/mol. The standard InChI is InChI=1S/C15H14F3NO2S/c1-2-7-21-14(20)13-11(19)8-12(22-13)9-5-3-4-6-10(9)15(16,17)18/h3-6,8H,2,7,19H2,1H3. The van der Waals surface area contributed by atoms with Crippen molar-refractivity contribution < 1.29 is 22.7 Å². The average Bonchev–Trinajstić information content (AvgIpc) is 2.86. The van der Waals surface area contributed by atoms with Crippen molar-refractivity contribution in [3.05, 3.63) is 40.8 Å². The number of carbonyl (C=O) groups is 1. The van der Waals surface area contributed by atoms with Crippen LogP contribution >= 0.6 is 11.3 Å². The first-order valence-electron chi connectivity index (χ1n) is 6.57. The van der Waals surface area contributed by atoms with Crippen LogP contribution in [0.4, 0.5) is 18.9 Å². The van der Waals surface area contributed by atoms with Crippen molar-refractivity contribution in [2.75, 3.05) is 12.3 Å². The van der Waals surface area contributed by atoms with Crippen molar-refractivity contribution in [2.45, 2.75) is 19.5 Å². The quantitative estimate of drug-likeness (QED) is 0.835. The molecule has 22 heavy (non-hydrogen) atoms. The Morgan fingerprint density at radius 3 is 2.64 bits per heavy atom. The number of hydrogen-bond donors (Lipinski definition) is 1. The summed E-state index contributed by atoms with van der Waals surface area (Å²) in [4.78, 5) is 12.2. The highest BCUT2D eigenvalue weighted by atomic mass is 32.1. The van der Waals surface area contributed by atoms with E-state index in [4.69, 9.17) is 10.5 Å². The van der Waals surface area contributed by atoms with Crippen LogP contribution in [0.2, 0.25) is 0 Å². The number of anilines is 1. The van der Waals surface area contributed by atoms with Crippen molar-refractivity contribution >= 4 is 23.0 Å². The number of hydrogen-bond acceptors (Lipinski definition) is 4. The molecule has 0 amide bonds. The van der Waals surface area contributed by atoms with Crippen LogP contribution in [-0.4, -0.2) is 12.6 Å². The van der Waals surface area contributed by atoms with Gasteiger partial charge in [0.25, 0.3) is 0 Å². The van der Waals surface area contributed by atoms with Crippen molar-refractivity contribution in [1.29, 1.82) is 0 Å². The summed E-state index contributed by atoms with van der Waals surface area (Å²) >= 11 is 0.902. The predicted octanol–water partition coefficient (Wildman–Crippen LogP) is 4.58. The molecule has 1 aromatic heterocycles. The van der Waals surface area contributed by atoms with Gasteiger partial charge in [0.05, 0.1) is 17.9 Å². The van der Waals surface area contributed by atoms with Crippen molar-refractivity contribution in [2.24, 2.45) is 0 Å². The largest absolute Gasteiger partial charge is 0.461 e. The van der Waals surface area contributed by atoms with Crippen LogP contribution in [0.1, 0.15) is 28.6 Å². The van der Waals surface area contributed by atoms with Gasteiger partial charge in [-0.2, -0.15) is 13.2 Å². The van der Waals surface area contributed by atoms with Gasteiger partial charge in [-0.1, -0.05) is 25.1 Å². The van der Waals surface area contributed by atoms with Crippen molar-refractivity contribution in [3.63, 3.8) is 0 Å². The van der Waals surface area contributed by atoms with Crippen LogP contribution in [0, 0.1) is 0 Å². The number of halogens is 3. The molecule has 0 saturated heterocycles. The topological polar surface area (TPSA) is 52.3 Å². The molecule has 7 heteroatoms. The van der Waals surface area contributed by atoms with Crippen LogP contribution in [0.3, 0.4) is 0 Å². The monoisotopic (exact) mass is 329 g/mol.